The molecule has 6 nitrogen and oxygen atoms in total. The minimum Gasteiger partial charge on any atom is -0.423 e. The number of aryl methyl sites for hydroxylation is 1. The second-order valence-corrected chi connectivity index (χ2v) is 10.0. The first-order valence-corrected chi connectivity index (χ1v) is 13.3. The zero-order valence-electron chi connectivity index (χ0n) is 22.4. The van der Waals surface area contributed by atoms with Gasteiger partial charge in [0.15, 0.2) is 11.4 Å². The Balaban J connectivity index is 1.48. The summed E-state index contributed by atoms with van der Waals surface area (Å²) < 4.78 is 5.88. The van der Waals surface area contributed by atoms with Gasteiger partial charge >= 0.3 is 6.01 Å². The SMILES string of the molecule is CCC1=C(C(=O)C(C)C(C)Cc2ccccc2)C(c2ccccc2C)N=C(Nc2nc3ccccc3o2)N1. The molecular formula is C32H34N4O2. The Kier molecular flexibility index (Phi) is 7.40. The topological polar surface area (TPSA) is 79.5 Å². The summed E-state index contributed by atoms with van der Waals surface area (Å²) in [4.78, 5) is 23.7. The fourth-order valence-corrected chi connectivity index (χ4v) is 5.04. The van der Waals surface area contributed by atoms with Crippen LogP contribution in [0.25, 0.3) is 11.1 Å². The van der Waals surface area contributed by atoms with Gasteiger partial charge in [-0.2, -0.15) is 4.98 Å². The number of carbonyl (C=O) groups is 1. The Labute approximate surface area is 223 Å². The summed E-state index contributed by atoms with van der Waals surface area (Å²) in [7, 11) is 0. The number of fused-ring (bicyclic) bond motifs is 1. The minimum atomic E-state index is -0.432. The molecule has 6 heteroatoms. The molecular weight excluding hydrogens is 472 g/mol. The van der Waals surface area contributed by atoms with E-state index >= 15 is 0 Å². The number of guanidine groups is 1. The van der Waals surface area contributed by atoms with Gasteiger partial charge in [-0.1, -0.05) is 87.5 Å². The maximum Gasteiger partial charge on any atom is 0.302 e. The number of aliphatic imine (C=N–C) groups is 1. The fraction of sp³-hybridized carbons (Fsp3) is 0.281. The van der Waals surface area contributed by atoms with E-state index in [1.54, 1.807) is 0 Å². The number of rotatable bonds is 8. The highest BCUT2D eigenvalue weighted by Crippen LogP contribution is 2.37. The largest absolute Gasteiger partial charge is 0.423 e. The first-order valence-electron chi connectivity index (χ1n) is 13.3. The van der Waals surface area contributed by atoms with Crippen molar-refractivity contribution in [3.8, 4) is 0 Å². The van der Waals surface area contributed by atoms with Crippen molar-refractivity contribution in [3.05, 3.63) is 107 Å². The number of para-hydroxylation sites is 2. The van der Waals surface area contributed by atoms with Crippen LogP contribution in [0.5, 0.6) is 0 Å². The van der Waals surface area contributed by atoms with Crippen LogP contribution in [0.15, 0.2) is 99.5 Å². The molecule has 0 fully saturated rings. The molecule has 2 heterocycles. The molecule has 0 spiro atoms. The molecule has 4 aromatic rings. The summed E-state index contributed by atoms with van der Waals surface area (Å²) in [6.45, 7) is 8.33. The predicted octanol–water partition coefficient (Wildman–Crippen LogP) is 7.00. The first kappa shape index (κ1) is 25.5. The maximum absolute atomic E-state index is 14.2. The van der Waals surface area contributed by atoms with Crippen LogP contribution >= 0.6 is 0 Å². The van der Waals surface area contributed by atoms with E-state index in [9.17, 15) is 4.79 Å². The fourth-order valence-electron chi connectivity index (χ4n) is 5.04. The maximum atomic E-state index is 14.2. The lowest BCUT2D eigenvalue weighted by Crippen LogP contribution is -2.38. The van der Waals surface area contributed by atoms with Gasteiger partial charge in [0.05, 0.1) is 0 Å². The van der Waals surface area contributed by atoms with Crippen molar-refractivity contribution >= 4 is 28.9 Å². The average molecular weight is 507 g/mol. The number of nitrogens with zero attached hydrogens (tertiary/aromatic N) is 2. The molecule has 3 atom stereocenters. The van der Waals surface area contributed by atoms with Gasteiger partial charge in [-0.25, -0.2) is 4.99 Å². The third kappa shape index (κ3) is 5.25. The molecule has 1 aliphatic rings. The summed E-state index contributed by atoms with van der Waals surface area (Å²) in [5.74, 6) is 0.664. The van der Waals surface area contributed by atoms with Crippen molar-refractivity contribution in [1.82, 2.24) is 10.3 Å². The highest BCUT2D eigenvalue weighted by Gasteiger charge is 2.35. The molecule has 0 radical (unpaired) electrons. The molecule has 0 aliphatic carbocycles. The molecule has 3 unspecified atom stereocenters. The monoisotopic (exact) mass is 506 g/mol. The Bertz CT molecular complexity index is 1470. The van der Waals surface area contributed by atoms with E-state index in [1.807, 2.05) is 61.5 Å². The number of benzene rings is 3. The van der Waals surface area contributed by atoms with Crippen LogP contribution in [0.1, 0.15) is 49.9 Å². The van der Waals surface area contributed by atoms with Gasteiger partial charge < -0.3 is 9.73 Å². The molecule has 2 N–H and O–H groups in total. The van der Waals surface area contributed by atoms with Crippen LogP contribution in [0.2, 0.25) is 0 Å². The molecule has 0 bridgehead atoms. The number of hydrogen-bond acceptors (Lipinski definition) is 6. The number of Topliss-reactive ketones (excluding diaryl/α,β-unsaturated/α-hetero) is 1. The first-order chi connectivity index (χ1) is 18.4. The summed E-state index contributed by atoms with van der Waals surface area (Å²) >= 11 is 0. The van der Waals surface area contributed by atoms with Crippen molar-refractivity contribution in [2.45, 2.75) is 46.6 Å². The molecule has 3 aromatic carbocycles. The number of hydrogen-bond donors (Lipinski definition) is 2. The van der Waals surface area contributed by atoms with Crippen molar-refractivity contribution in [3.63, 3.8) is 0 Å². The third-order valence-electron chi connectivity index (χ3n) is 7.41. The number of aromatic nitrogens is 1. The number of oxazole rings is 1. The number of anilines is 1. The number of ketones is 1. The standard InChI is InChI=1S/C32H34N4O2/c1-5-25-28(30(37)22(4)21(3)19-23-14-7-6-8-15-23)29(24-16-10-9-13-20(24)2)35-31(33-25)36-32-34-26-17-11-12-18-27(26)38-32/h6-18,21-22,29H,5,19H2,1-4H3,(H2,33,34,35,36). The molecule has 0 amide bonds. The molecule has 0 saturated carbocycles. The van der Waals surface area contributed by atoms with Gasteiger partial charge in [0.2, 0.25) is 5.96 Å². The lowest BCUT2D eigenvalue weighted by Gasteiger charge is -2.31. The third-order valence-corrected chi connectivity index (χ3v) is 7.41. The van der Waals surface area contributed by atoms with Crippen LogP contribution in [-0.4, -0.2) is 16.7 Å². The van der Waals surface area contributed by atoms with Gasteiger partial charge in [0.1, 0.15) is 11.6 Å². The van der Waals surface area contributed by atoms with Crippen molar-refractivity contribution < 1.29 is 9.21 Å². The molecule has 194 valence electrons. The zero-order chi connectivity index (χ0) is 26.6. The summed E-state index contributed by atoms with van der Waals surface area (Å²) in [5, 5.41) is 6.60. The van der Waals surface area contributed by atoms with E-state index in [-0.39, 0.29) is 17.6 Å². The smallest absolute Gasteiger partial charge is 0.302 e. The lowest BCUT2D eigenvalue weighted by atomic mass is 9.80. The van der Waals surface area contributed by atoms with E-state index in [0.717, 1.165) is 34.3 Å². The van der Waals surface area contributed by atoms with Gasteiger partial charge in [-0.05, 0) is 54.5 Å². The van der Waals surface area contributed by atoms with Crippen LogP contribution in [0, 0.1) is 18.8 Å². The van der Waals surface area contributed by atoms with Crippen molar-refractivity contribution in [1.29, 1.82) is 0 Å². The number of carbonyl (C=O) groups excluding carboxylic acids is 1. The molecule has 1 aromatic heterocycles. The Morgan fingerprint density at radius 3 is 2.45 bits per heavy atom. The van der Waals surface area contributed by atoms with Crippen molar-refractivity contribution in [2.24, 2.45) is 16.8 Å². The Morgan fingerprint density at radius 2 is 1.71 bits per heavy atom. The van der Waals surface area contributed by atoms with Gasteiger partial charge in [0, 0.05) is 17.2 Å². The highest BCUT2D eigenvalue weighted by molar-refractivity contribution is 6.03. The van der Waals surface area contributed by atoms with Gasteiger partial charge in [-0.15, -0.1) is 0 Å². The molecule has 0 saturated heterocycles. The number of allylic oxidation sites excluding steroid dienone is 1. The van der Waals surface area contributed by atoms with E-state index in [0.29, 0.717) is 24.0 Å². The Morgan fingerprint density at radius 1 is 1.00 bits per heavy atom. The Hall–Kier alpha value is -4.19. The highest BCUT2D eigenvalue weighted by atomic mass is 16.4. The van der Waals surface area contributed by atoms with Gasteiger partial charge in [0.25, 0.3) is 0 Å². The van der Waals surface area contributed by atoms with E-state index in [4.69, 9.17) is 9.41 Å². The second-order valence-electron chi connectivity index (χ2n) is 10.0. The normalized spacial score (nSPS) is 17.1. The second kappa shape index (κ2) is 11.1. The minimum absolute atomic E-state index is 0.135. The van der Waals surface area contributed by atoms with Crippen LogP contribution in [0.4, 0.5) is 6.01 Å². The predicted molar refractivity (Wildman–Crippen MR) is 153 cm³/mol. The molecule has 1 aliphatic heterocycles. The molecule has 5 rings (SSSR count). The van der Waals surface area contributed by atoms with E-state index in [1.165, 1.54) is 5.56 Å². The quantitative estimate of drug-likeness (QED) is 0.269. The lowest BCUT2D eigenvalue weighted by molar-refractivity contribution is -0.120. The zero-order valence-corrected chi connectivity index (χ0v) is 22.4. The number of nitrogens with one attached hydrogen (secondary N) is 2. The van der Waals surface area contributed by atoms with E-state index in [2.05, 4.69) is 60.7 Å². The van der Waals surface area contributed by atoms with Gasteiger partial charge in [-0.3, -0.25) is 10.1 Å². The summed E-state index contributed by atoms with van der Waals surface area (Å²) in [5.41, 5.74) is 6.42. The van der Waals surface area contributed by atoms with Crippen molar-refractivity contribution in [2.75, 3.05) is 5.32 Å². The van der Waals surface area contributed by atoms with Crippen LogP contribution in [0.3, 0.4) is 0 Å². The average Bonchev–Trinajstić information content (AvgIpc) is 3.35. The molecule has 38 heavy (non-hydrogen) atoms. The van der Waals surface area contributed by atoms with Crippen LogP contribution in [-0.2, 0) is 11.2 Å². The summed E-state index contributed by atoms with van der Waals surface area (Å²) in [6, 6.07) is 26.0. The van der Waals surface area contributed by atoms with Crippen LogP contribution < -0.4 is 10.6 Å². The van der Waals surface area contributed by atoms with E-state index < -0.39 is 6.04 Å². The summed E-state index contributed by atoms with van der Waals surface area (Å²) in [6.07, 6.45) is 1.51.